The summed E-state index contributed by atoms with van der Waals surface area (Å²) in [5, 5.41) is 17.1. The van der Waals surface area contributed by atoms with E-state index in [0.717, 1.165) is 17.7 Å². The highest BCUT2D eigenvalue weighted by atomic mass is 19.3. The summed E-state index contributed by atoms with van der Waals surface area (Å²) < 4.78 is 33.6. The van der Waals surface area contributed by atoms with Crippen LogP contribution in [0.5, 0.6) is 5.75 Å². The lowest BCUT2D eigenvalue weighted by atomic mass is 9.99. The highest BCUT2D eigenvalue weighted by molar-refractivity contribution is 6.09. The number of fused-ring (bicyclic) bond motifs is 4. The van der Waals surface area contributed by atoms with Crippen molar-refractivity contribution in [3.63, 3.8) is 0 Å². The molecular formula is C24H26F2N6O3. The molecule has 0 aliphatic carbocycles. The summed E-state index contributed by atoms with van der Waals surface area (Å²) in [7, 11) is 0. The molecular weight excluding hydrogens is 458 g/mol. The fourth-order valence-corrected chi connectivity index (χ4v) is 5.60. The number of nitrogens with one attached hydrogen (secondary N) is 1. The van der Waals surface area contributed by atoms with E-state index in [1.807, 2.05) is 24.0 Å². The number of hydrogen-bond acceptors (Lipinski definition) is 7. The Kier molecular flexibility index (Phi) is 5.15. The second-order valence-electron chi connectivity index (χ2n) is 9.80. The van der Waals surface area contributed by atoms with Crippen LogP contribution in [0.3, 0.4) is 0 Å². The third-order valence-electron chi connectivity index (χ3n) is 7.24. The summed E-state index contributed by atoms with van der Waals surface area (Å²) in [5.41, 5.74) is 2.36. The number of benzene rings is 1. The normalized spacial score (nSPS) is 25.5. The zero-order chi connectivity index (χ0) is 24.3. The molecule has 35 heavy (non-hydrogen) atoms. The van der Waals surface area contributed by atoms with Crippen molar-refractivity contribution in [3.8, 4) is 5.75 Å². The Hall–Kier alpha value is -3.31. The number of carbonyl (C=O) groups excluding carboxylic acids is 1. The predicted octanol–water partition coefficient (Wildman–Crippen LogP) is 2.20. The fourth-order valence-electron chi connectivity index (χ4n) is 5.60. The highest BCUT2D eigenvalue weighted by Gasteiger charge is 2.45. The minimum atomic E-state index is -2.36. The van der Waals surface area contributed by atoms with Gasteiger partial charge in [-0.15, -0.1) is 0 Å². The predicted molar refractivity (Wildman–Crippen MR) is 124 cm³/mol. The molecule has 2 aromatic heterocycles. The maximum atomic E-state index is 13.3. The summed E-state index contributed by atoms with van der Waals surface area (Å²) >= 11 is 0. The maximum absolute atomic E-state index is 13.3. The van der Waals surface area contributed by atoms with Gasteiger partial charge in [0.1, 0.15) is 16.9 Å². The second kappa shape index (κ2) is 8.13. The first-order valence-corrected chi connectivity index (χ1v) is 11.7. The highest BCUT2D eigenvalue weighted by Crippen LogP contribution is 2.45. The smallest absolute Gasteiger partial charge is 0.261 e. The van der Waals surface area contributed by atoms with Gasteiger partial charge in [0.2, 0.25) is 0 Å². The lowest BCUT2D eigenvalue weighted by Crippen LogP contribution is -2.48. The van der Waals surface area contributed by atoms with Crippen LogP contribution >= 0.6 is 0 Å². The Labute approximate surface area is 200 Å². The summed E-state index contributed by atoms with van der Waals surface area (Å²) in [6.07, 6.45) is 3.75. The quantitative estimate of drug-likeness (QED) is 0.554. The van der Waals surface area contributed by atoms with Crippen molar-refractivity contribution in [1.29, 1.82) is 0 Å². The average molecular weight is 485 g/mol. The summed E-state index contributed by atoms with van der Waals surface area (Å²) in [6.45, 7) is 2.63. The van der Waals surface area contributed by atoms with Crippen LogP contribution in [0.2, 0.25) is 0 Å². The van der Waals surface area contributed by atoms with Gasteiger partial charge in [-0.2, -0.15) is 5.10 Å². The first-order valence-electron chi connectivity index (χ1n) is 11.7. The van der Waals surface area contributed by atoms with Gasteiger partial charge in [0.15, 0.2) is 5.65 Å². The summed E-state index contributed by atoms with van der Waals surface area (Å²) in [6, 6.07) is 5.64. The SMILES string of the molecule is C[C@]1(CO)Cc2cc(NC(=O)c3cnn4cccnc34)c(N3C[C@H]4C[C@@H]3CN4CC(F)F)cc2O1. The number of aliphatic hydroxyl groups excluding tert-OH is 1. The van der Waals surface area contributed by atoms with Crippen molar-refractivity contribution >= 4 is 22.9 Å². The minimum absolute atomic E-state index is 0.0400. The zero-order valence-corrected chi connectivity index (χ0v) is 19.2. The molecule has 5 heterocycles. The molecule has 0 spiro atoms. The molecule has 2 N–H and O–H groups in total. The molecule has 3 aliphatic rings. The van der Waals surface area contributed by atoms with Crippen molar-refractivity contribution in [3.05, 3.63) is 47.9 Å². The second-order valence-corrected chi connectivity index (χ2v) is 9.80. The molecule has 0 radical (unpaired) electrons. The fraction of sp³-hybridized carbons (Fsp3) is 0.458. The lowest BCUT2D eigenvalue weighted by Gasteiger charge is -2.36. The molecule has 3 aliphatic heterocycles. The number of aliphatic hydroxyl groups is 1. The first kappa shape index (κ1) is 22.2. The molecule has 1 amide bonds. The van der Waals surface area contributed by atoms with E-state index in [0.29, 0.717) is 42.2 Å². The van der Waals surface area contributed by atoms with Gasteiger partial charge in [-0.3, -0.25) is 9.69 Å². The number of halogens is 2. The number of piperazine rings is 1. The van der Waals surface area contributed by atoms with Crippen LogP contribution in [0.1, 0.15) is 29.3 Å². The number of hydrogen-bond donors (Lipinski definition) is 2. The minimum Gasteiger partial charge on any atom is -0.484 e. The van der Waals surface area contributed by atoms with Gasteiger partial charge in [-0.05, 0) is 25.5 Å². The molecule has 11 heteroatoms. The Morgan fingerprint density at radius 3 is 2.94 bits per heavy atom. The first-order chi connectivity index (χ1) is 16.8. The summed E-state index contributed by atoms with van der Waals surface area (Å²) in [4.78, 5) is 21.6. The van der Waals surface area contributed by atoms with Gasteiger partial charge in [-0.25, -0.2) is 18.3 Å². The van der Waals surface area contributed by atoms with Crippen molar-refractivity contribution in [2.24, 2.45) is 0 Å². The van der Waals surface area contributed by atoms with E-state index in [2.05, 4.69) is 20.3 Å². The molecule has 1 aromatic carbocycles. The third-order valence-corrected chi connectivity index (χ3v) is 7.24. The zero-order valence-electron chi connectivity index (χ0n) is 19.2. The van der Waals surface area contributed by atoms with Crippen LogP contribution in [-0.2, 0) is 6.42 Å². The number of anilines is 2. The van der Waals surface area contributed by atoms with E-state index >= 15 is 0 Å². The van der Waals surface area contributed by atoms with Gasteiger partial charge in [-0.1, -0.05) is 0 Å². The maximum Gasteiger partial charge on any atom is 0.261 e. The molecule has 0 saturated carbocycles. The molecule has 9 nitrogen and oxygen atoms in total. The average Bonchev–Trinajstić information content (AvgIpc) is 3.59. The van der Waals surface area contributed by atoms with E-state index in [9.17, 15) is 18.7 Å². The van der Waals surface area contributed by atoms with Crippen molar-refractivity contribution in [1.82, 2.24) is 19.5 Å². The van der Waals surface area contributed by atoms with Gasteiger partial charge in [0, 0.05) is 55.6 Å². The van der Waals surface area contributed by atoms with Gasteiger partial charge in [0.05, 0.1) is 30.7 Å². The standard InChI is InChI=1S/C24H26F2N6O3/c1-24(13-33)8-14-5-18(29-23(34)17-9-28-32-4-2-3-27-22(17)32)19(7-20(14)35-24)31-11-15-6-16(31)10-30(15)12-21(25)26/h2-5,7,9,15-16,21,33H,6,8,10-13H2,1H3,(H,29,34)/t15-,16-,24-/m1/s1. The Morgan fingerprint density at radius 1 is 1.34 bits per heavy atom. The number of alkyl halides is 2. The Balaban J connectivity index is 1.33. The van der Waals surface area contributed by atoms with Crippen LogP contribution in [0.15, 0.2) is 36.8 Å². The lowest BCUT2D eigenvalue weighted by molar-refractivity contribution is 0.0447. The molecule has 3 aromatic rings. The topological polar surface area (TPSA) is 95.2 Å². The number of amides is 1. The van der Waals surface area contributed by atoms with Crippen LogP contribution in [0.25, 0.3) is 5.65 Å². The molecule has 2 fully saturated rings. The Bertz CT molecular complexity index is 1300. The number of aromatic nitrogens is 3. The largest absolute Gasteiger partial charge is 0.484 e. The summed E-state index contributed by atoms with van der Waals surface area (Å²) in [5.74, 6) is 0.326. The molecule has 0 unspecified atom stereocenters. The van der Waals surface area contributed by atoms with Crippen LogP contribution in [0.4, 0.5) is 20.2 Å². The molecule has 2 saturated heterocycles. The molecule has 184 valence electrons. The molecule has 3 atom stereocenters. The van der Waals surface area contributed by atoms with Crippen molar-refractivity contribution < 1.29 is 23.4 Å². The Morgan fingerprint density at radius 2 is 2.20 bits per heavy atom. The van der Waals surface area contributed by atoms with E-state index in [1.54, 1.807) is 18.5 Å². The third kappa shape index (κ3) is 3.79. The van der Waals surface area contributed by atoms with E-state index in [1.165, 1.54) is 10.7 Å². The van der Waals surface area contributed by atoms with Gasteiger partial charge < -0.3 is 20.1 Å². The van der Waals surface area contributed by atoms with Crippen molar-refractivity contribution in [2.45, 2.75) is 43.9 Å². The van der Waals surface area contributed by atoms with E-state index in [-0.39, 0.29) is 31.1 Å². The number of nitrogens with zero attached hydrogens (tertiary/aromatic N) is 5. The van der Waals surface area contributed by atoms with Gasteiger partial charge >= 0.3 is 0 Å². The van der Waals surface area contributed by atoms with Crippen LogP contribution < -0.4 is 15.0 Å². The number of rotatable bonds is 6. The van der Waals surface area contributed by atoms with Crippen molar-refractivity contribution in [2.75, 3.05) is 36.5 Å². The van der Waals surface area contributed by atoms with Gasteiger partial charge in [0.25, 0.3) is 12.3 Å². The molecule has 6 rings (SSSR count). The van der Waals surface area contributed by atoms with E-state index < -0.39 is 12.0 Å². The van der Waals surface area contributed by atoms with Crippen LogP contribution in [0, 0.1) is 0 Å². The van der Waals surface area contributed by atoms with E-state index in [4.69, 9.17) is 4.74 Å². The monoisotopic (exact) mass is 484 g/mol. The number of likely N-dealkylation sites (tertiary alicyclic amines) is 1. The van der Waals surface area contributed by atoms with Crippen LogP contribution in [-0.4, -0.2) is 80.9 Å². The number of carbonyl (C=O) groups is 1. The number of ether oxygens (including phenoxy) is 1. The molecule has 2 bridgehead atoms.